The fraction of sp³-hybridized carbons (Fsp3) is 0.364. The molecule has 0 bridgehead atoms. The zero-order valence-electron chi connectivity index (χ0n) is 9.68. The van der Waals surface area contributed by atoms with Gasteiger partial charge in [0.15, 0.2) is 0 Å². The number of imidazole rings is 1. The topological polar surface area (TPSA) is 69.6 Å². The molecule has 0 amide bonds. The van der Waals surface area contributed by atoms with Crippen molar-refractivity contribution in [3.8, 4) is 11.4 Å². The molecule has 5 nitrogen and oxygen atoms in total. The van der Waals surface area contributed by atoms with E-state index in [0.29, 0.717) is 6.04 Å². The van der Waals surface area contributed by atoms with E-state index in [1.807, 2.05) is 19.2 Å². The van der Waals surface area contributed by atoms with Gasteiger partial charge in [-0.2, -0.15) is 0 Å². The second-order valence-electron chi connectivity index (χ2n) is 3.97. The summed E-state index contributed by atoms with van der Waals surface area (Å²) < 4.78 is 2.10. The van der Waals surface area contributed by atoms with Crippen molar-refractivity contribution in [1.82, 2.24) is 19.5 Å². The SMILES string of the molecule is Cc1nc(-c2ccnc(N)n2)cn1C(C)C. The van der Waals surface area contributed by atoms with Gasteiger partial charge in [-0.25, -0.2) is 15.0 Å². The fourth-order valence-corrected chi connectivity index (χ4v) is 1.65. The molecule has 0 atom stereocenters. The Bertz CT molecular complexity index is 501. The van der Waals surface area contributed by atoms with Crippen molar-refractivity contribution >= 4 is 5.95 Å². The van der Waals surface area contributed by atoms with Crippen LogP contribution in [0.25, 0.3) is 11.4 Å². The predicted octanol–water partition coefficient (Wildman–Crippen LogP) is 1.81. The molecule has 0 fully saturated rings. The first-order valence-electron chi connectivity index (χ1n) is 5.22. The molecular formula is C11H15N5. The molecule has 0 radical (unpaired) electrons. The van der Waals surface area contributed by atoms with Crippen LogP contribution in [-0.2, 0) is 0 Å². The zero-order chi connectivity index (χ0) is 11.7. The van der Waals surface area contributed by atoms with Crippen LogP contribution in [0, 0.1) is 6.92 Å². The highest BCUT2D eigenvalue weighted by Gasteiger charge is 2.09. The Morgan fingerprint density at radius 2 is 2.00 bits per heavy atom. The van der Waals surface area contributed by atoms with Gasteiger partial charge in [0.1, 0.15) is 11.5 Å². The number of aryl methyl sites for hydroxylation is 1. The molecule has 84 valence electrons. The second kappa shape index (κ2) is 3.92. The Labute approximate surface area is 94.4 Å². The van der Waals surface area contributed by atoms with E-state index in [2.05, 4.69) is 33.4 Å². The minimum atomic E-state index is 0.272. The summed E-state index contributed by atoms with van der Waals surface area (Å²) in [6.07, 6.45) is 3.63. The monoisotopic (exact) mass is 217 g/mol. The summed E-state index contributed by atoms with van der Waals surface area (Å²) in [6.45, 7) is 6.22. The molecule has 2 N–H and O–H groups in total. The highest BCUT2D eigenvalue weighted by molar-refractivity contribution is 5.54. The highest BCUT2D eigenvalue weighted by atomic mass is 15.1. The first-order valence-corrected chi connectivity index (χ1v) is 5.22. The van der Waals surface area contributed by atoms with E-state index < -0.39 is 0 Å². The number of nitrogens with zero attached hydrogens (tertiary/aromatic N) is 4. The summed E-state index contributed by atoms with van der Waals surface area (Å²) in [6, 6.07) is 2.20. The molecule has 0 aliphatic heterocycles. The van der Waals surface area contributed by atoms with E-state index in [1.165, 1.54) is 0 Å². The largest absolute Gasteiger partial charge is 0.368 e. The summed E-state index contributed by atoms with van der Waals surface area (Å²) in [5, 5.41) is 0. The van der Waals surface area contributed by atoms with E-state index in [1.54, 1.807) is 6.20 Å². The van der Waals surface area contributed by atoms with Crippen molar-refractivity contribution in [1.29, 1.82) is 0 Å². The zero-order valence-corrected chi connectivity index (χ0v) is 9.68. The van der Waals surface area contributed by atoms with Crippen LogP contribution in [0.2, 0.25) is 0 Å². The van der Waals surface area contributed by atoms with Crippen molar-refractivity contribution in [2.75, 3.05) is 5.73 Å². The van der Waals surface area contributed by atoms with Crippen LogP contribution in [0.3, 0.4) is 0 Å². The van der Waals surface area contributed by atoms with E-state index in [4.69, 9.17) is 5.73 Å². The lowest BCUT2D eigenvalue weighted by Gasteiger charge is -2.07. The Kier molecular flexibility index (Phi) is 2.60. The molecule has 2 rings (SSSR count). The molecule has 0 aromatic carbocycles. The molecule has 0 aliphatic carbocycles. The fourth-order valence-electron chi connectivity index (χ4n) is 1.65. The maximum Gasteiger partial charge on any atom is 0.220 e. The Morgan fingerprint density at radius 1 is 1.25 bits per heavy atom. The molecule has 0 saturated carbocycles. The molecule has 2 aromatic rings. The smallest absolute Gasteiger partial charge is 0.220 e. The highest BCUT2D eigenvalue weighted by Crippen LogP contribution is 2.19. The molecule has 0 unspecified atom stereocenters. The third-order valence-corrected chi connectivity index (χ3v) is 2.41. The lowest BCUT2D eigenvalue weighted by Crippen LogP contribution is -2.00. The van der Waals surface area contributed by atoms with Gasteiger partial charge in [-0.15, -0.1) is 0 Å². The minimum Gasteiger partial charge on any atom is -0.368 e. The number of hydrogen-bond donors (Lipinski definition) is 1. The second-order valence-corrected chi connectivity index (χ2v) is 3.97. The number of aromatic nitrogens is 4. The van der Waals surface area contributed by atoms with Gasteiger partial charge in [0.2, 0.25) is 5.95 Å². The number of nitrogen functional groups attached to an aromatic ring is 1. The first-order chi connectivity index (χ1) is 7.58. The van der Waals surface area contributed by atoms with Gasteiger partial charge >= 0.3 is 0 Å². The van der Waals surface area contributed by atoms with Gasteiger partial charge in [-0.05, 0) is 26.8 Å². The Morgan fingerprint density at radius 3 is 2.56 bits per heavy atom. The molecule has 0 saturated heterocycles. The molecule has 0 aliphatic rings. The van der Waals surface area contributed by atoms with E-state index in [-0.39, 0.29) is 5.95 Å². The van der Waals surface area contributed by atoms with Crippen LogP contribution >= 0.6 is 0 Å². The molecule has 0 spiro atoms. The molecule has 2 aromatic heterocycles. The lowest BCUT2D eigenvalue weighted by atomic mass is 10.3. The van der Waals surface area contributed by atoms with Gasteiger partial charge in [0.05, 0.1) is 5.69 Å². The predicted molar refractivity (Wildman–Crippen MR) is 62.8 cm³/mol. The Hall–Kier alpha value is -1.91. The van der Waals surface area contributed by atoms with Crippen LogP contribution in [0.4, 0.5) is 5.95 Å². The third kappa shape index (κ3) is 1.88. The molecule has 2 heterocycles. The normalized spacial score (nSPS) is 11.0. The average Bonchev–Trinajstić information content (AvgIpc) is 2.60. The quantitative estimate of drug-likeness (QED) is 0.832. The third-order valence-electron chi connectivity index (χ3n) is 2.41. The average molecular weight is 217 g/mol. The van der Waals surface area contributed by atoms with Gasteiger partial charge in [-0.3, -0.25) is 0 Å². The molecular weight excluding hydrogens is 202 g/mol. The Balaban J connectivity index is 2.45. The van der Waals surface area contributed by atoms with Crippen LogP contribution in [-0.4, -0.2) is 19.5 Å². The van der Waals surface area contributed by atoms with Gasteiger partial charge in [0.25, 0.3) is 0 Å². The van der Waals surface area contributed by atoms with Crippen LogP contribution in [0.5, 0.6) is 0 Å². The number of hydrogen-bond acceptors (Lipinski definition) is 4. The van der Waals surface area contributed by atoms with Gasteiger partial charge < -0.3 is 10.3 Å². The van der Waals surface area contributed by atoms with E-state index >= 15 is 0 Å². The summed E-state index contributed by atoms with van der Waals surface area (Å²) in [5.41, 5.74) is 7.14. The number of nitrogens with two attached hydrogens (primary N) is 1. The van der Waals surface area contributed by atoms with Crippen molar-refractivity contribution in [3.63, 3.8) is 0 Å². The van der Waals surface area contributed by atoms with Crippen molar-refractivity contribution in [2.45, 2.75) is 26.8 Å². The maximum absolute atomic E-state index is 5.54. The van der Waals surface area contributed by atoms with E-state index in [0.717, 1.165) is 17.2 Å². The van der Waals surface area contributed by atoms with Crippen molar-refractivity contribution in [3.05, 3.63) is 24.3 Å². The van der Waals surface area contributed by atoms with Crippen LogP contribution < -0.4 is 5.73 Å². The summed E-state index contributed by atoms with van der Waals surface area (Å²) >= 11 is 0. The van der Waals surface area contributed by atoms with Gasteiger partial charge in [0, 0.05) is 18.4 Å². The lowest BCUT2D eigenvalue weighted by molar-refractivity contribution is 0.583. The summed E-state index contributed by atoms with van der Waals surface area (Å²) in [5.74, 6) is 1.25. The molecule has 16 heavy (non-hydrogen) atoms. The molecule has 5 heteroatoms. The van der Waals surface area contributed by atoms with Crippen molar-refractivity contribution < 1.29 is 0 Å². The van der Waals surface area contributed by atoms with E-state index in [9.17, 15) is 0 Å². The standard InChI is InChI=1S/C11H15N5/c1-7(2)16-6-10(14-8(16)3)9-4-5-13-11(12)15-9/h4-7H,1-3H3,(H2,12,13,15). The number of rotatable bonds is 2. The van der Waals surface area contributed by atoms with Crippen LogP contribution in [0.1, 0.15) is 25.7 Å². The summed E-state index contributed by atoms with van der Waals surface area (Å²) in [4.78, 5) is 12.5. The first kappa shape index (κ1) is 10.6. The van der Waals surface area contributed by atoms with Gasteiger partial charge in [-0.1, -0.05) is 0 Å². The van der Waals surface area contributed by atoms with Crippen LogP contribution in [0.15, 0.2) is 18.5 Å². The maximum atomic E-state index is 5.54. The summed E-state index contributed by atoms with van der Waals surface area (Å²) in [7, 11) is 0. The number of anilines is 1. The minimum absolute atomic E-state index is 0.272. The van der Waals surface area contributed by atoms with Crippen molar-refractivity contribution in [2.24, 2.45) is 0 Å².